The zero-order valence-electron chi connectivity index (χ0n) is 17.8. The Morgan fingerprint density at radius 3 is 2.64 bits per heavy atom. The summed E-state index contributed by atoms with van der Waals surface area (Å²) >= 11 is 0. The van der Waals surface area contributed by atoms with Crippen LogP contribution in [0, 0.1) is 0 Å². The molecule has 1 unspecified atom stereocenters. The van der Waals surface area contributed by atoms with Crippen LogP contribution in [0.3, 0.4) is 0 Å². The minimum Gasteiger partial charge on any atom is -0.366 e. The van der Waals surface area contributed by atoms with E-state index in [9.17, 15) is 4.79 Å². The number of anilines is 1. The van der Waals surface area contributed by atoms with E-state index in [-0.39, 0.29) is 5.92 Å². The normalized spacial score (nSPS) is 15.3. The van der Waals surface area contributed by atoms with Gasteiger partial charge in [-0.1, -0.05) is 54.6 Å². The lowest BCUT2D eigenvalue weighted by Gasteiger charge is -2.18. The van der Waals surface area contributed by atoms with Gasteiger partial charge >= 0.3 is 0 Å². The van der Waals surface area contributed by atoms with Gasteiger partial charge in [0.2, 0.25) is 5.91 Å². The number of carbonyl (C=O) groups is 1. The van der Waals surface area contributed by atoms with Gasteiger partial charge in [-0.05, 0) is 29.3 Å². The molecule has 1 atom stereocenters. The van der Waals surface area contributed by atoms with Gasteiger partial charge < -0.3 is 11.1 Å². The molecule has 0 fully saturated rings. The Morgan fingerprint density at radius 2 is 1.85 bits per heavy atom. The average molecular weight is 435 g/mol. The van der Waals surface area contributed by atoms with E-state index in [1.54, 1.807) is 12.3 Å². The van der Waals surface area contributed by atoms with Crippen LogP contribution in [0.5, 0.6) is 0 Å². The van der Waals surface area contributed by atoms with Crippen molar-refractivity contribution in [2.24, 2.45) is 10.7 Å². The number of nitrogens with two attached hydrogens (primary N) is 1. The molecule has 1 aliphatic heterocycles. The molecule has 0 radical (unpaired) electrons. The minimum absolute atomic E-state index is 0.238. The van der Waals surface area contributed by atoms with Crippen molar-refractivity contribution in [1.29, 1.82) is 0 Å². The van der Waals surface area contributed by atoms with Gasteiger partial charge in [-0.3, -0.25) is 14.8 Å². The first-order valence-corrected chi connectivity index (χ1v) is 10.7. The molecule has 4 aromatic rings. The molecule has 2 aromatic heterocycles. The van der Waals surface area contributed by atoms with Crippen LogP contribution in [0.2, 0.25) is 0 Å². The van der Waals surface area contributed by atoms with Crippen LogP contribution < -0.4 is 11.1 Å². The lowest BCUT2D eigenvalue weighted by molar-refractivity contribution is -0.114. The molecule has 2 aromatic carbocycles. The minimum atomic E-state index is -0.510. The first kappa shape index (κ1) is 20.5. The quantitative estimate of drug-likeness (QED) is 0.479. The number of dihydropyridines is 1. The molecule has 0 spiro atoms. The highest BCUT2D eigenvalue weighted by atomic mass is 16.1. The summed E-state index contributed by atoms with van der Waals surface area (Å²) in [6.07, 6.45) is 5.07. The number of pyridine rings is 1. The predicted octanol–water partition coefficient (Wildman–Crippen LogP) is 3.88. The molecule has 162 valence electrons. The van der Waals surface area contributed by atoms with Crippen molar-refractivity contribution in [3.05, 3.63) is 96.1 Å². The number of amides is 1. The molecule has 0 bridgehead atoms. The molecular formula is C26H22N6O. The summed E-state index contributed by atoms with van der Waals surface area (Å²) in [5, 5.41) is 4.40. The van der Waals surface area contributed by atoms with Crippen LogP contribution in [-0.2, 0) is 11.3 Å². The van der Waals surface area contributed by atoms with Crippen molar-refractivity contribution in [3.8, 4) is 11.1 Å². The standard InChI is InChI=1S/C26H22N6O/c27-24(33)18-13-19(15-28-14-18)25-31-22-11-6-10-21(17-7-2-1-3-8-17)23(22)26(32-25)30-16-20-9-4-5-12-29-20/h1-14,19H,15-16H2,(H2,27,33)(H,30,31,32). The van der Waals surface area contributed by atoms with Gasteiger partial charge in [-0.2, -0.15) is 0 Å². The number of aromatic nitrogens is 3. The fourth-order valence-corrected chi connectivity index (χ4v) is 3.91. The van der Waals surface area contributed by atoms with E-state index >= 15 is 0 Å². The number of primary amides is 1. The van der Waals surface area contributed by atoms with E-state index in [0.29, 0.717) is 30.3 Å². The summed E-state index contributed by atoms with van der Waals surface area (Å²) in [6, 6.07) is 22.0. The fraction of sp³-hybridized carbons (Fsp3) is 0.115. The van der Waals surface area contributed by atoms with Gasteiger partial charge in [0, 0.05) is 12.4 Å². The summed E-state index contributed by atoms with van der Waals surface area (Å²) in [6.45, 7) is 0.973. The van der Waals surface area contributed by atoms with Crippen LogP contribution in [0.25, 0.3) is 22.0 Å². The predicted molar refractivity (Wildman–Crippen MR) is 130 cm³/mol. The van der Waals surface area contributed by atoms with E-state index in [2.05, 4.69) is 33.5 Å². The number of nitrogens with zero attached hydrogens (tertiary/aromatic N) is 4. The zero-order valence-corrected chi connectivity index (χ0v) is 17.8. The van der Waals surface area contributed by atoms with Gasteiger partial charge in [-0.25, -0.2) is 9.97 Å². The van der Waals surface area contributed by atoms with Gasteiger partial charge in [0.15, 0.2) is 0 Å². The second-order valence-corrected chi connectivity index (χ2v) is 7.76. The SMILES string of the molecule is NC(=O)C1=CC(c2nc(NCc3ccccn3)c3c(-c4ccccc4)cccc3n2)CN=C1. The molecule has 0 aliphatic carbocycles. The Balaban J connectivity index is 1.64. The van der Waals surface area contributed by atoms with Gasteiger partial charge in [0.1, 0.15) is 11.6 Å². The molecule has 0 saturated heterocycles. The molecule has 5 rings (SSSR count). The Bertz CT molecular complexity index is 1370. The number of fused-ring (bicyclic) bond motifs is 1. The molecule has 7 nitrogen and oxygen atoms in total. The molecular weight excluding hydrogens is 412 g/mol. The van der Waals surface area contributed by atoms with Crippen molar-refractivity contribution in [2.75, 3.05) is 11.9 Å². The van der Waals surface area contributed by atoms with E-state index in [4.69, 9.17) is 15.7 Å². The van der Waals surface area contributed by atoms with E-state index in [1.165, 1.54) is 6.21 Å². The van der Waals surface area contributed by atoms with Crippen molar-refractivity contribution in [2.45, 2.75) is 12.5 Å². The third-order valence-electron chi connectivity index (χ3n) is 5.52. The second kappa shape index (κ2) is 9.00. The Labute approximate surface area is 191 Å². The molecule has 3 N–H and O–H groups in total. The second-order valence-electron chi connectivity index (χ2n) is 7.76. The number of aliphatic imine (C=N–C) groups is 1. The third-order valence-corrected chi connectivity index (χ3v) is 5.52. The number of hydrogen-bond donors (Lipinski definition) is 2. The highest BCUT2D eigenvalue weighted by Gasteiger charge is 2.21. The monoisotopic (exact) mass is 434 g/mol. The molecule has 1 aliphatic rings. The highest BCUT2D eigenvalue weighted by Crippen LogP contribution is 2.34. The highest BCUT2D eigenvalue weighted by molar-refractivity contribution is 6.12. The molecule has 3 heterocycles. The zero-order chi connectivity index (χ0) is 22.6. The smallest absolute Gasteiger partial charge is 0.249 e. The van der Waals surface area contributed by atoms with Gasteiger partial charge in [0.05, 0.1) is 41.2 Å². The van der Waals surface area contributed by atoms with Crippen molar-refractivity contribution < 1.29 is 4.79 Å². The van der Waals surface area contributed by atoms with Crippen molar-refractivity contribution >= 4 is 28.8 Å². The summed E-state index contributed by atoms with van der Waals surface area (Å²) in [5.41, 5.74) is 9.68. The van der Waals surface area contributed by atoms with E-state index in [0.717, 1.165) is 27.7 Å². The summed E-state index contributed by atoms with van der Waals surface area (Å²) in [4.78, 5) is 30.1. The van der Waals surface area contributed by atoms with E-state index in [1.807, 2.05) is 48.5 Å². The first-order chi connectivity index (χ1) is 16.2. The Kier molecular flexibility index (Phi) is 5.59. The third kappa shape index (κ3) is 4.34. The number of hydrogen-bond acceptors (Lipinski definition) is 6. The lowest BCUT2D eigenvalue weighted by Crippen LogP contribution is -2.20. The maximum atomic E-state index is 11.7. The largest absolute Gasteiger partial charge is 0.366 e. The molecule has 7 heteroatoms. The van der Waals surface area contributed by atoms with Gasteiger partial charge in [-0.15, -0.1) is 0 Å². The van der Waals surface area contributed by atoms with Crippen LogP contribution in [0.1, 0.15) is 17.4 Å². The molecule has 33 heavy (non-hydrogen) atoms. The summed E-state index contributed by atoms with van der Waals surface area (Å²) in [7, 11) is 0. The first-order valence-electron chi connectivity index (χ1n) is 10.7. The van der Waals surface area contributed by atoms with Crippen LogP contribution in [0.15, 0.2) is 89.6 Å². The molecule has 1 amide bonds. The summed E-state index contributed by atoms with van der Waals surface area (Å²) in [5.74, 6) is 0.553. The lowest BCUT2D eigenvalue weighted by atomic mass is 9.99. The topological polar surface area (TPSA) is 106 Å². The Hall–Kier alpha value is -4.39. The number of benzene rings is 2. The molecule has 0 saturated carbocycles. The number of rotatable bonds is 6. The van der Waals surface area contributed by atoms with Crippen LogP contribution in [0.4, 0.5) is 5.82 Å². The van der Waals surface area contributed by atoms with Crippen LogP contribution in [-0.4, -0.2) is 33.6 Å². The average Bonchev–Trinajstić information content (AvgIpc) is 2.88. The fourth-order valence-electron chi connectivity index (χ4n) is 3.91. The number of nitrogens with one attached hydrogen (secondary N) is 1. The van der Waals surface area contributed by atoms with E-state index < -0.39 is 5.91 Å². The summed E-state index contributed by atoms with van der Waals surface area (Å²) < 4.78 is 0. The van der Waals surface area contributed by atoms with Gasteiger partial charge in [0.25, 0.3) is 0 Å². The van der Waals surface area contributed by atoms with Crippen LogP contribution >= 0.6 is 0 Å². The maximum Gasteiger partial charge on any atom is 0.249 e. The van der Waals surface area contributed by atoms with Crippen molar-refractivity contribution in [3.63, 3.8) is 0 Å². The maximum absolute atomic E-state index is 11.7. The number of carbonyl (C=O) groups excluding carboxylic acids is 1. The Morgan fingerprint density at radius 1 is 1.00 bits per heavy atom. The van der Waals surface area contributed by atoms with Crippen molar-refractivity contribution in [1.82, 2.24) is 15.0 Å².